The fraction of sp³-hybridized carbons (Fsp3) is 0.533. The highest BCUT2D eigenvalue weighted by Crippen LogP contribution is 2.22. The first kappa shape index (κ1) is 12.9. The summed E-state index contributed by atoms with van der Waals surface area (Å²) in [5, 5.41) is 3.25. The Hall–Kier alpha value is -1.51. The van der Waals surface area contributed by atoms with E-state index in [9.17, 15) is 0 Å². The second-order valence-electron chi connectivity index (χ2n) is 5.07. The van der Waals surface area contributed by atoms with E-state index in [2.05, 4.69) is 22.4 Å². The predicted molar refractivity (Wildman–Crippen MR) is 76.3 cm³/mol. The first-order valence-electron chi connectivity index (χ1n) is 6.92. The minimum Gasteiger partial charge on any atom is -0.370 e. The summed E-state index contributed by atoms with van der Waals surface area (Å²) in [6.45, 7) is 1.63. The molecule has 98 valence electrons. The van der Waals surface area contributed by atoms with Crippen molar-refractivity contribution >= 4 is 5.96 Å². The summed E-state index contributed by atoms with van der Waals surface area (Å²) in [5.74, 6) is 1.36. The van der Waals surface area contributed by atoms with E-state index < -0.39 is 0 Å². The lowest BCUT2D eigenvalue weighted by molar-refractivity contribution is 0.356. The standard InChI is InChI=1S/C15H23N3/c16-15(17-11-13-7-3-1-4-8-13)18-12-14-9-5-2-6-10-14/h1,3-4,7-8,14H,2,5-6,9-12H2,(H3,16,17,18). The first-order valence-corrected chi connectivity index (χ1v) is 6.92. The third-order valence-corrected chi connectivity index (χ3v) is 3.57. The van der Waals surface area contributed by atoms with Crippen LogP contribution in [0.1, 0.15) is 37.7 Å². The normalized spacial score (nSPS) is 17.7. The number of hydrogen-bond acceptors (Lipinski definition) is 1. The highest BCUT2D eigenvalue weighted by atomic mass is 15.1. The average Bonchev–Trinajstić information content (AvgIpc) is 2.45. The number of benzene rings is 1. The molecule has 0 amide bonds. The molecule has 0 unspecified atom stereocenters. The Labute approximate surface area is 109 Å². The molecule has 1 aromatic carbocycles. The van der Waals surface area contributed by atoms with Crippen LogP contribution in [0.5, 0.6) is 0 Å². The molecular formula is C15H23N3. The zero-order valence-corrected chi connectivity index (χ0v) is 10.9. The van der Waals surface area contributed by atoms with Crippen LogP contribution in [0.25, 0.3) is 0 Å². The third kappa shape index (κ3) is 4.40. The van der Waals surface area contributed by atoms with Crippen LogP contribution in [-0.2, 0) is 6.54 Å². The largest absolute Gasteiger partial charge is 0.370 e. The highest BCUT2D eigenvalue weighted by molar-refractivity contribution is 5.77. The van der Waals surface area contributed by atoms with Gasteiger partial charge in [0.25, 0.3) is 0 Å². The second kappa shape index (κ2) is 7.04. The number of nitrogens with two attached hydrogens (primary N) is 1. The molecule has 0 radical (unpaired) electrons. The van der Waals surface area contributed by atoms with Crippen LogP contribution >= 0.6 is 0 Å². The molecule has 0 heterocycles. The van der Waals surface area contributed by atoms with Crippen molar-refractivity contribution in [3.05, 3.63) is 35.9 Å². The fourth-order valence-corrected chi connectivity index (χ4v) is 2.46. The summed E-state index contributed by atoms with van der Waals surface area (Å²) >= 11 is 0. The minimum absolute atomic E-state index is 0.574. The van der Waals surface area contributed by atoms with Crippen LogP contribution in [0.4, 0.5) is 0 Å². The number of guanidine groups is 1. The fourth-order valence-electron chi connectivity index (χ4n) is 2.46. The lowest BCUT2D eigenvalue weighted by Gasteiger charge is -2.21. The summed E-state index contributed by atoms with van der Waals surface area (Å²) in [6, 6.07) is 10.2. The van der Waals surface area contributed by atoms with Crippen LogP contribution in [0.15, 0.2) is 35.3 Å². The van der Waals surface area contributed by atoms with Gasteiger partial charge in [-0.1, -0.05) is 49.6 Å². The Kier molecular flexibility index (Phi) is 5.06. The van der Waals surface area contributed by atoms with Crippen LogP contribution < -0.4 is 11.1 Å². The molecule has 0 bridgehead atoms. The lowest BCUT2D eigenvalue weighted by Crippen LogP contribution is -2.36. The monoisotopic (exact) mass is 245 g/mol. The topological polar surface area (TPSA) is 50.4 Å². The number of hydrogen-bond donors (Lipinski definition) is 2. The molecule has 3 heteroatoms. The predicted octanol–water partition coefficient (Wildman–Crippen LogP) is 2.67. The molecule has 1 aliphatic rings. The molecule has 0 saturated heterocycles. The van der Waals surface area contributed by atoms with Crippen molar-refractivity contribution in [2.45, 2.75) is 38.6 Å². The van der Waals surface area contributed by atoms with E-state index in [1.807, 2.05) is 18.2 Å². The van der Waals surface area contributed by atoms with Crippen molar-refractivity contribution in [3.8, 4) is 0 Å². The summed E-state index contributed by atoms with van der Waals surface area (Å²) in [6.07, 6.45) is 6.80. The molecule has 0 aliphatic heterocycles. The molecule has 1 saturated carbocycles. The van der Waals surface area contributed by atoms with Crippen molar-refractivity contribution in [1.29, 1.82) is 0 Å². The maximum Gasteiger partial charge on any atom is 0.188 e. The van der Waals surface area contributed by atoms with E-state index in [1.165, 1.54) is 37.7 Å². The van der Waals surface area contributed by atoms with Crippen LogP contribution in [0.2, 0.25) is 0 Å². The van der Waals surface area contributed by atoms with E-state index in [0.29, 0.717) is 12.5 Å². The summed E-state index contributed by atoms with van der Waals surface area (Å²) in [4.78, 5) is 4.36. The lowest BCUT2D eigenvalue weighted by atomic mass is 9.89. The Morgan fingerprint density at radius 2 is 1.89 bits per heavy atom. The van der Waals surface area contributed by atoms with Gasteiger partial charge in [-0.05, 0) is 24.3 Å². The smallest absolute Gasteiger partial charge is 0.188 e. The van der Waals surface area contributed by atoms with Gasteiger partial charge in [0.15, 0.2) is 5.96 Å². The van der Waals surface area contributed by atoms with Crippen molar-refractivity contribution in [2.75, 3.05) is 6.54 Å². The van der Waals surface area contributed by atoms with E-state index in [4.69, 9.17) is 5.73 Å². The van der Waals surface area contributed by atoms with Gasteiger partial charge < -0.3 is 11.1 Å². The number of nitrogens with one attached hydrogen (secondary N) is 1. The number of aliphatic imine (C=N–C) groups is 1. The van der Waals surface area contributed by atoms with Gasteiger partial charge in [0, 0.05) is 6.54 Å². The summed E-state index contributed by atoms with van der Waals surface area (Å²) in [5.41, 5.74) is 7.07. The van der Waals surface area contributed by atoms with Crippen LogP contribution in [0, 0.1) is 5.92 Å². The van der Waals surface area contributed by atoms with Crippen molar-refractivity contribution < 1.29 is 0 Å². The average molecular weight is 245 g/mol. The van der Waals surface area contributed by atoms with Gasteiger partial charge in [0.2, 0.25) is 0 Å². The molecule has 1 aromatic rings. The van der Waals surface area contributed by atoms with Gasteiger partial charge >= 0.3 is 0 Å². The molecule has 2 rings (SSSR count). The Morgan fingerprint density at radius 1 is 1.17 bits per heavy atom. The number of nitrogens with zero attached hydrogens (tertiary/aromatic N) is 1. The van der Waals surface area contributed by atoms with E-state index in [1.54, 1.807) is 0 Å². The van der Waals surface area contributed by atoms with Gasteiger partial charge in [-0.3, -0.25) is 0 Å². The van der Waals surface area contributed by atoms with E-state index >= 15 is 0 Å². The maximum atomic E-state index is 5.88. The van der Waals surface area contributed by atoms with Crippen molar-refractivity contribution in [1.82, 2.24) is 5.32 Å². The van der Waals surface area contributed by atoms with Crippen LogP contribution in [-0.4, -0.2) is 12.5 Å². The summed E-state index contributed by atoms with van der Waals surface area (Å²) < 4.78 is 0. The number of rotatable bonds is 4. The molecular weight excluding hydrogens is 222 g/mol. The molecule has 18 heavy (non-hydrogen) atoms. The first-order chi connectivity index (χ1) is 8.84. The zero-order valence-electron chi connectivity index (χ0n) is 10.9. The molecule has 0 aromatic heterocycles. The molecule has 0 atom stereocenters. The molecule has 1 fully saturated rings. The van der Waals surface area contributed by atoms with Crippen LogP contribution in [0.3, 0.4) is 0 Å². The Morgan fingerprint density at radius 3 is 2.61 bits per heavy atom. The van der Waals surface area contributed by atoms with Gasteiger partial charge in [0.1, 0.15) is 0 Å². The minimum atomic E-state index is 0.574. The van der Waals surface area contributed by atoms with Gasteiger partial charge in [-0.2, -0.15) is 0 Å². The highest BCUT2D eigenvalue weighted by Gasteiger charge is 2.12. The van der Waals surface area contributed by atoms with E-state index in [0.717, 1.165) is 12.5 Å². The second-order valence-corrected chi connectivity index (χ2v) is 5.07. The summed E-state index contributed by atoms with van der Waals surface area (Å²) in [7, 11) is 0. The molecule has 0 spiro atoms. The van der Waals surface area contributed by atoms with Crippen molar-refractivity contribution in [2.24, 2.45) is 16.6 Å². The third-order valence-electron chi connectivity index (χ3n) is 3.57. The quantitative estimate of drug-likeness (QED) is 0.633. The van der Waals surface area contributed by atoms with Gasteiger partial charge in [0.05, 0.1) is 6.54 Å². The van der Waals surface area contributed by atoms with Gasteiger partial charge in [-0.15, -0.1) is 0 Å². The van der Waals surface area contributed by atoms with Crippen molar-refractivity contribution in [3.63, 3.8) is 0 Å². The Bertz CT molecular complexity index is 367. The molecule has 3 N–H and O–H groups in total. The molecule has 1 aliphatic carbocycles. The van der Waals surface area contributed by atoms with Gasteiger partial charge in [-0.25, -0.2) is 4.99 Å². The van der Waals surface area contributed by atoms with E-state index in [-0.39, 0.29) is 0 Å². The zero-order chi connectivity index (χ0) is 12.6. The SMILES string of the molecule is NC(=NCc1ccccc1)NCC1CCCCC1. The molecule has 3 nitrogen and oxygen atoms in total. The maximum absolute atomic E-state index is 5.88. The Balaban J connectivity index is 1.72.